The van der Waals surface area contributed by atoms with Crippen LogP contribution in [0, 0.1) is 5.92 Å². The van der Waals surface area contributed by atoms with Gasteiger partial charge in [-0.25, -0.2) is 4.79 Å². The Morgan fingerprint density at radius 2 is 1.68 bits per heavy atom. The van der Waals surface area contributed by atoms with Crippen LogP contribution in [-0.2, 0) is 9.63 Å². The van der Waals surface area contributed by atoms with E-state index in [4.69, 9.17) is 4.84 Å². The van der Waals surface area contributed by atoms with Gasteiger partial charge in [-0.2, -0.15) is 0 Å². The lowest BCUT2D eigenvalue weighted by Crippen LogP contribution is -2.32. The fourth-order valence-corrected chi connectivity index (χ4v) is 1.80. The Kier molecular flexibility index (Phi) is 3.64. The van der Waals surface area contributed by atoms with Crippen LogP contribution in [-0.4, -0.2) is 22.8 Å². The maximum absolute atomic E-state index is 11.9. The molecule has 0 fully saturated rings. The molecule has 0 atom stereocenters. The molecule has 5 heteroatoms. The summed E-state index contributed by atoms with van der Waals surface area (Å²) in [5, 5.41) is 0.549. The molecule has 0 unspecified atom stereocenters. The summed E-state index contributed by atoms with van der Waals surface area (Å²) in [7, 11) is 0. The lowest BCUT2D eigenvalue weighted by Gasteiger charge is -2.13. The molecule has 5 nitrogen and oxygen atoms in total. The predicted molar refractivity (Wildman–Crippen MR) is 67.1 cm³/mol. The SMILES string of the molecule is CC(C)CCC(=O)ON1C(=O)c2ccccc2C1=O. The molecule has 2 rings (SSSR count). The van der Waals surface area contributed by atoms with Gasteiger partial charge in [0.1, 0.15) is 0 Å². The van der Waals surface area contributed by atoms with Crippen molar-refractivity contribution in [2.75, 3.05) is 0 Å². The number of carbonyl (C=O) groups is 3. The Morgan fingerprint density at radius 3 is 2.16 bits per heavy atom. The summed E-state index contributed by atoms with van der Waals surface area (Å²) >= 11 is 0. The molecule has 1 heterocycles. The molecule has 0 saturated carbocycles. The summed E-state index contributed by atoms with van der Waals surface area (Å²) in [4.78, 5) is 40.3. The highest BCUT2D eigenvalue weighted by atomic mass is 16.7. The Bertz CT molecular complexity index is 501. The van der Waals surface area contributed by atoms with E-state index in [2.05, 4.69) is 0 Å². The first-order chi connectivity index (χ1) is 9.00. The zero-order chi connectivity index (χ0) is 14.0. The maximum Gasteiger partial charge on any atom is 0.333 e. The highest BCUT2D eigenvalue weighted by Crippen LogP contribution is 2.23. The van der Waals surface area contributed by atoms with Crippen LogP contribution in [0.2, 0.25) is 0 Å². The van der Waals surface area contributed by atoms with Crippen LogP contribution < -0.4 is 0 Å². The van der Waals surface area contributed by atoms with Crippen molar-refractivity contribution in [1.82, 2.24) is 5.06 Å². The number of carbonyl (C=O) groups excluding carboxylic acids is 3. The van der Waals surface area contributed by atoms with Gasteiger partial charge in [0.05, 0.1) is 11.1 Å². The first kappa shape index (κ1) is 13.3. The van der Waals surface area contributed by atoms with Crippen molar-refractivity contribution in [2.45, 2.75) is 26.7 Å². The summed E-state index contributed by atoms with van der Waals surface area (Å²) in [6, 6.07) is 6.40. The number of hydroxylamine groups is 2. The van der Waals surface area contributed by atoms with E-state index in [1.165, 1.54) is 12.1 Å². The molecule has 0 bridgehead atoms. The Morgan fingerprint density at radius 1 is 1.16 bits per heavy atom. The van der Waals surface area contributed by atoms with Crippen molar-refractivity contribution in [1.29, 1.82) is 0 Å². The number of hydrogen-bond acceptors (Lipinski definition) is 4. The second-order valence-electron chi connectivity index (χ2n) is 4.85. The molecule has 100 valence electrons. The van der Waals surface area contributed by atoms with Crippen molar-refractivity contribution in [3.63, 3.8) is 0 Å². The highest BCUT2D eigenvalue weighted by Gasteiger charge is 2.38. The Balaban J connectivity index is 2.06. The lowest BCUT2D eigenvalue weighted by molar-refractivity contribution is -0.168. The second-order valence-corrected chi connectivity index (χ2v) is 4.85. The number of amides is 2. The molecular formula is C14H15NO4. The molecule has 0 aromatic heterocycles. The zero-order valence-electron chi connectivity index (χ0n) is 10.9. The van der Waals surface area contributed by atoms with Crippen LogP contribution in [0.1, 0.15) is 47.4 Å². The average molecular weight is 261 g/mol. The fraction of sp³-hybridized carbons (Fsp3) is 0.357. The third kappa shape index (κ3) is 2.65. The standard InChI is InChI=1S/C14H15NO4/c1-9(2)7-8-12(16)19-15-13(17)10-5-3-4-6-11(10)14(15)18/h3-6,9H,7-8H2,1-2H3. The van der Waals surface area contributed by atoms with E-state index in [0.29, 0.717) is 17.4 Å². The van der Waals surface area contributed by atoms with Gasteiger partial charge in [0.15, 0.2) is 0 Å². The summed E-state index contributed by atoms with van der Waals surface area (Å²) in [6.07, 6.45) is 0.840. The Labute approximate surface area is 111 Å². The molecule has 2 amide bonds. The van der Waals surface area contributed by atoms with Crippen molar-refractivity contribution >= 4 is 17.8 Å². The van der Waals surface area contributed by atoms with Gasteiger partial charge in [0.2, 0.25) is 0 Å². The number of benzene rings is 1. The average Bonchev–Trinajstić information content (AvgIpc) is 2.62. The van der Waals surface area contributed by atoms with Gasteiger partial charge in [-0.3, -0.25) is 9.59 Å². The van der Waals surface area contributed by atoms with Gasteiger partial charge in [0.25, 0.3) is 11.8 Å². The third-order valence-electron chi connectivity index (χ3n) is 2.88. The smallest absolute Gasteiger partial charge is 0.330 e. The van der Waals surface area contributed by atoms with Crippen molar-refractivity contribution < 1.29 is 19.2 Å². The molecule has 0 N–H and O–H groups in total. The molecule has 1 aromatic carbocycles. The summed E-state index contributed by atoms with van der Waals surface area (Å²) in [5.41, 5.74) is 0.535. The summed E-state index contributed by atoms with van der Waals surface area (Å²) < 4.78 is 0. The van der Waals surface area contributed by atoms with Gasteiger partial charge >= 0.3 is 5.97 Å². The lowest BCUT2D eigenvalue weighted by atomic mass is 10.1. The first-order valence-electron chi connectivity index (χ1n) is 6.19. The third-order valence-corrected chi connectivity index (χ3v) is 2.88. The summed E-state index contributed by atoms with van der Waals surface area (Å²) in [6.45, 7) is 3.96. The topological polar surface area (TPSA) is 63.7 Å². The highest BCUT2D eigenvalue weighted by molar-refractivity contribution is 6.20. The van der Waals surface area contributed by atoms with Crippen LogP contribution in [0.5, 0.6) is 0 Å². The molecule has 1 aromatic rings. The number of imide groups is 1. The van der Waals surface area contributed by atoms with Gasteiger partial charge in [-0.1, -0.05) is 31.0 Å². The zero-order valence-corrected chi connectivity index (χ0v) is 10.9. The molecule has 0 radical (unpaired) electrons. The minimum absolute atomic E-state index is 0.186. The summed E-state index contributed by atoms with van der Waals surface area (Å²) in [5.74, 6) is -1.38. The maximum atomic E-state index is 11.9. The van der Waals surface area contributed by atoms with E-state index in [1.54, 1.807) is 12.1 Å². The van der Waals surface area contributed by atoms with Crippen LogP contribution in [0.15, 0.2) is 24.3 Å². The minimum Gasteiger partial charge on any atom is -0.330 e. The number of nitrogens with zero attached hydrogens (tertiary/aromatic N) is 1. The molecule has 1 aliphatic heterocycles. The minimum atomic E-state index is -0.585. The first-order valence-corrected chi connectivity index (χ1v) is 6.19. The van der Waals surface area contributed by atoms with Crippen LogP contribution in [0.3, 0.4) is 0 Å². The van der Waals surface area contributed by atoms with Gasteiger partial charge in [-0.05, 0) is 24.5 Å². The van der Waals surface area contributed by atoms with Gasteiger partial charge < -0.3 is 4.84 Å². The van der Waals surface area contributed by atoms with Gasteiger partial charge in [0, 0.05) is 6.42 Å². The predicted octanol–water partition coefficient (Wildman–Crippen LogP) is 2.18. The number of fused-ring (bicyclic) bond motifs is 1. The Hall–Kier alpha value is -2.17. The monoisotopic (exact) mass is 261 g/mol. The molecule has 0 aliphatic carbocycles. The van der Waals surface area contributed by atoms with Crippen molar-refractivity contribution in [3.05, 3.63) is 35.4 Å². The molecule has 19 heavy (non-hydrogen) atoms. The fourth-order valence-electron chi connectivity index (χ4n) is 1.80. The van der Waals surface area contributed by atoms with E-state index in [1.807, 2.05) is 13.8 Å². The number of rotatable bonds is 4. The van der Waals surface area contributed by atoms with Crippen LogP contribution >= 0.6 is 0 Å². The molecule has 0 saturated heterocycles. The molecular weight excluding hydrogens is 246 g/mol. The second kappa shape index (κ2) is 5.22. The van der Waals surface area contributed by atoms with E-state index in [0.717, 1.165) is 0 Å². The quantitative estimate of drug-likeness (QED) is 0.779. The van der Waals surface area contributed by atoms with Crippen LogP contribution in [0.25, 0.3) is 0 Å². The van der Waals surface area contributed by atoms with Gasteiger partial charge in [-0.15, -0.1) is 0 Å². The van der Waals surface area contributed by atoms with E-state index in [9.17, 15) is 14.4 Å². The van der Waals surface area contributed by atoms with Crippen LogP contribution in [0.4, 0.5) is 0 Å². The van der Waals surface area contributed by atoms with E-state index >= 15 is 0 Å². The van der Waals surface area contributed by atoms with Crippen molar-refractivity contribution in [2.24, 2.45) is 5.92 Å². The molecule has 0 spiro atoms. The number of hydrogen-bond donors (Lipinski definition) is 0. The van der Waals surface area contributed by atoms with E-state index in [-0.39, 0.29) is 17.5 Å². The largest absolute Gasteiger partial charge is 0.333 e. The van der Waals surface area contributed by atoms with E-state index < -0.39 is 17.8 Å². The van der Waals surface area contributed by atoms with Crippen molar-refractivity contribution in [3.8, 4) is 0 Å². The molecule has 1 aliphatic rings. The normalized spacial score (nSPS) is 13.9.